The van der Waals surface area contributed by atoms with Gasteiger partial charge in [0.15, 0.2) is 0 Å². The number of unbranched alkanes of at least 4 members (excludes halogenated alkanes) is 3. The van der Waals surface area contributed by atoms with Crippen molar-refractivity contribution in [1.29, 1.82) is 0 Å². The fraction of sp³-hybridized carbons (Fsp3) is 0.588. The first-order chi connectivity index (χ1) is 10.1. The summed E-state index contributed by atoms with van der Waals surface area (Å²) >= 11 is 0. The average molecular weight is 289 g/mol. The molecule has 116 valence electrons. The Morgan fingerprint density at radius 1 is 1.29 bits per heavy atom. The van der Waals surface area contributed by atoms with E-state index in [0.717, 1.165) is 35.5 Å². The van der Waals surface area contributed by atoms with E-state index in [-0.39, 0.29) is 5.91 Å². The largest absolute Gasteiger partial charge is 0.397 e. The highest BCUT2D eigenvalue weighted by atomic mass is 16.1. The first kappa shape index (κ1) is 15.7. The fourth-order valence-corrected chi connectivity index (χ4v) is 2.79. The van der Waals surface area contributed by atoms with Crippen LogP contribution < -0.4 is 16.4 Å². The van der Waals surface area contributed by atoms with Gasteiger partial charge in [-0.05, 0) is 37.5 Å². The van der Waals surface area contributed by atoms with Gasteiger partial charge in [-0.15, -0.1) is 0 Å². The summed E-state index contributed by atoms with van der Waals surface area (Å²) in [5.74, 6) is 0.0887. The Bertz CT molecular complexity index is 499. The molecule has 1 aliphatic rings. The van der Waals surface area contributed by atoms with E-state index in [9.17, 15) is 4.79 Å². The summed E-state index contributed by atoms with van der Waals surface area (Å²) in [6.45, 7) is 4.41. The van der Waals surface area contributed by atoms with Crippen molar-refractivity contribution in [2.24, 2.45) is 0 Å². The van der Waals surface area contributed by atoms with Crippen LogP contribution in [0, 0.1) is 0 Å². The zero-order valence-corrected chi connectivity index (χ0v) is 13.2. The molecule has 21 heavy (non-hydrogen) atoms. The number of hydrogen-bond acceptors (Lipinski definition) is 3. The highest BCUT2D eigenvalue weighted by Crippen LogP contribution is 2.31. The number of fused-ring (bicyclic) bond motifs is 1. The molecule has 1 aromatic rings. The summed E-state index contributed by atoms with van der Waals surface area (Å²) in [5, 5.41) is 6.40. The van der Waals surface area contributed by atoms with Gasteiger partial charge in [-0.2, -0.15) is 0 Å². The Balaban J connectivity index is 1.96. The molecule has 1 amide bonds. The second-order valence-electron chi connectivity index (χ2n) is 6.04. The van der Waals surface area contributed by atoms with E-state index in [4.69, 9.17) is 5.73 Å². The molecule has 1 heterocycles. The second-order valence-corrected chi connectivity index (χ2v) is 6.04. The third kappa shape index (κ3) is 4.38. The maximum Gasteiger partial charge on any atom is 0.224 e. The minimum absolute atomic E-state index is 0.0887. The molecular formula is C17H27N3O. The molecule has 0 spiro atoms. The van der Waals surface area contributed by atoms with Gasteiger partial charge in [0.2, 0.25) is 5.91 Å². The Morgan fingerprint density at radius 3 is 2.86 bits per heavy atom. The summed E-state index contributed by atoms with van der Waals surface area (Å²) in [6, 6.07) is 4.35. The lowest BCUT2D eigenvalue weighted by atomic mass is 10.0. The minimum atomic E-state index is 0.0887. The van der Waals surface area contributed by atoms with Crippen molar-refractivity contribution < 1.29 is 4.79 Å². The summed E-state index contributed by atoms with van der Waals surface area (Å²) in [6.07, 6.45) is 7.56. The zero-order chi connectivity index (χ0) is 15.2. The lowest BCUT2D eigenvalue weighted by Crippen LogP contribution is -2.21. The molecule has 0 bridgehead atoms. The maximum absolute atomic E-state index is 11.5. The third-order valence-electron chi connectivity index (χ3n) is 4.06. The summed E-state index contributed by atoms with van der Waals surface area (Å²) in [5.41, 5.74) is 9.86. The number of nitrogens with one attached hydrogen (secondary N) is 2. The maximum atomic E-state index is 11.5. The molecule has 0 radical (unpaired) electrons. The minimum Gasteiger partial charge on any atom is -0.397 e. The molecular weight excluding hydrogens is 262 g/mol. The molecule has 0 saturated carbocycles. The van der Waals surface area contributed by atoms with Crippen LogP contribution in [-0.4, -0.2) is 11.9 Å². The Hall–Kier alpha value is -1.71. The molecule has 4 N–H and O–H groups in total. The SMILES string of the molecule is CCCCCCC(C)Nc1cc2c(cc1N)CCC(=O)N2. The Labute approximate surface area is 127 Å². The number of hydrogen-bond donors (Lipinski definition) is 3. The third-order valence-corrected chi connectivity index (χ3v) is 4.06. The van der Waals surface area contributed by atoms with Crippen LogP contribution in [0.15, 0.2) is 12.1 Å². The Kier molecular flexibility index (Phi) is 5.48. The summed E-state index contributed by atoms with van der Waals surface area (Å²) in [7, 11) is 0. The predicted molar refractivity (Wildman–Crippen MR) is 89.6 cm³/mol. The van der Waals surface area contributed by atoms with Gasteiger partial charge in [-0.25, -0.2) is 0 Å². The number of aryl methyl sites for hydroxylation is 1. The molecule has 1 aliphatic heterocycles. The van der Waals surface area contributed by atoms with E-state index in [0.29, 0.717) is 12.5 Å². The molecule has 1 unspecified atom stereocenters. The molecule has 0 fully saturated rings. The molecule has 2 rings (SSSR count). The first-order valence-corrected chi connectivity index (χ1v) is 8.09. The molecule has 0 aliphatic carbocycles. The van der Waals surface area contributed by atoms with Gasteiger partial charge in [0.25, 0.3) is 0 Å². The van der Waals surface area contributed by atoms with Gasteiger partial charge < -0.3 is 16.4 Å². The van der Waals surface area contributed by atoms with Crippen molar-refractivity contribution in [1.82, 2.24) is 0 Å². The highest BCUT2D eigenvalue weighted by Gasteiger charge is 2.17. The van der Waals surface area contributed by atoms with Crippen LogP contribution in [-0.2, 0) is 11.2 Å². The monoisotopic (exact) mass is 289 g/mol. The number of nitrogen functional groups attached to an aromatic ring is 1. The lowest BCUT2D eigenvalue weighted by Gasteiger charge is -2.22. The number of nitrogens with two attached hydrogens (primary N) is 1. The van der Waals surface area contributed by atoms with Gasteiger partial charge in [-0.1, -0.05) is 32.6 Å². The average Bonchev–Trinajstić information content (AvgIpc) is 2.45. The van der Waals surface area contributed by atoms with Crippen molar-refractivity contribution >= 4 is 23.0 Å². The lowest BCUT2D eigenvalue weighted by molar-refractivity contribution is -0.116. The van der Waals surface area contributed by atoms with E-state index in [1.807, 2.05) is 12.1 Å². The standard InChI is InChI=1S/C17H27N3O/c1-3-4-5-6-7-12(2)19-16-11-15-13(10-14(16)18)8-9-17(21)20-15/h10-12,19H,3-9,18H2,1-2H3,(H,20,21). The van der Waals surface area contributed by atoms with Crippen LogP contribution >= 0.6 is 0 Å². The van der Waals surface area contributed by atoms with Crippen LogP contribution in [0.4, 0.5) is 17.1 Å². The van der Waals surface area contributed by atoms with Crippen LogP contribution in [0.1, 0.15) is 57.9 Å². The Morgan fingerprint density at radius 2 is 2.10 bits per heavy atom. The van der Waals surface area contributed by atoms with Crippen LogP contribution in [0.25, 0.3) is 0 Å². The van der Waals surface area contributed by atoms with Crippen molar-refractivity contribution in [3.8, 4) is 0 Å². The van der Waals surface area contributed by atoms with E-state index >= 15 is 0 Å². The number of benzene rings is 1. The van der Waals surface area contributed by atoms with Crippen LogP contribution in [0.3, 0.4) is 0 Å². The topological polar surface area (TPSA) is 67.1 Å². The van der Waals surface area contributed by atoms with Gasteiger partial charge in [0, 0.05) is 18.2 Å². The smallest absolute Gasteiger partial charge is 0.224 e. The van der Waals surface area contributed by atoms with E-state index in [2.05, 4.69) is 24.5 Å². The first-order valence-electron chi connectivity index (χ1n) is 8.09. The van der Waals surface area contributed by atoms with E-state index in [1.165, 1.54) is 25.7 Å². The van der Waals surface area contributed by atoms with Crippen LogP contribution in [0.2, 0.25) is 0 Å². The number of carbonyl (C=O) groups excluding carboxylic acids is 1. The summed E-state index contributed by atoms with van der Waals surface area (Å²) < 4.78 is 0. The number of amides is 1. The number of carbonyl (C=O) groups is 1. The number of anilines is 3. The quantitative estimate of drug-likeness (QED) is 0.526. The van der Waals surface area contributed by atoms with Crippen molar-refractivity contribution in [3.63, 3.8) is 0 Å². The predicted octanol–water partition coefficient (Wildman–Crippen LogP) is 3.92. The van der Waals surface area contributed by atoms with Crippen molar-refractivity contribution in [2.75, 3.05) is 16.4 Å². The van der Waals surface area contributed by atoms with E-state index in [1.54, 1.807) is 0 Å². The van der Waals surface area contributed by atoms with Crippen LogP contribution in [0.5, 0.6) is 0 Å². The van der Waals surface area contributed by atoms with Crippen molar-refractivity contribution in [3.05, 3.63) is 17.7 Å². The normalized spacial score (nSPS) is 15.2. The highest BCUT2D eigenvalue weighted by molar-refractivity contribution is 5.95. The molecule has 4 heteroatoms. The molecule has 1 atom stereocenters. The molecule has 0 saturated heterocycles. The van der Waals surface area contributed by atoms with E-state index < -0.39 is 0 Å². The van der Waals surface area contributed by atoms with Gasteiger partial charge in [0.1, 0.15) is 0 Å². The fourth-order valence-electron chi connectivity index (χ4n) is 2.79. The zero-order valence-electron chi connectivity index (χ0n) is 13.2. The van der Waals surface area contributed by atoms with Gasteiger partial charge >= 0.3 is 0 Å². The molecule has 1 aromatic carbocycles. The van der Waals surface area contributed by atoms with Gasteiger partial charge in [-0.3, -0.25) is 4.79 Å². The molecule has 4 nitrogen and oxygen atoms in total. The number of rotatable bonds is 7. The van der Waals surface area contributed by atoms with Crippen molar-refractivity contribution in [2.45, 2.75) is 64.8 Å². The molecule has 0 aromatic heterocycles. The van der Waals surface area contributed by atoms with Gasteiger partial charge in [0.05, 0.1) is 11.4 Å². The summed E-state index contributed by atoms with van der Waals surface area (Å²) in [4.78, 5) is 11.5. The second kappa shape index (κ2) is 7.34.